The van der Waals surface area contributed by atoms with Gasteiger partial charge in [0.1, 0.15) is 22.3 Å². The van der Waals surface area contributed by atoms with E-state index in [1.54, 1.807) is 0 Å². The van der Waals surface area contributed by atoms with Crippen molar-refractivity contribution in [1.29, 1.82) is 0 Å². The number of para-hydroxylation sites is 4. The summed E-state index contributed by atoms with van der Waals surface area (Å²) in [6.45, 7) is 4.69. The minimum atomic E-state index is -0.111. The van der Waals surface area contributed by atoms with Crippen LogP contribution >= 0.6 is 0 Å². The first-order chi connectivity index (χ1) is 26.6. The Morgan fingerprint density at radius 2 is 0.926 bits per heavy atom. The van der Waals surface area contributed by atoms with Crippen molar-refractivity contribution in [3.8, 4) is 33.4 Å². The van der Waals surface area contributed by atoms with E-state index in [0.717, 1.165) is 77.6 Å². The zero-order valence-electron chi connectivity index (χ0n) is 30.0. The summed E-state index contributed by atoms with van der Waals surface area (Å²) < 4.78 is 12.9. The highest BCUT2D eigenvalue weighted by molar-refractivity contribution is 6.15. The molecule has 0 N–H and O–H groups in total. The average Bonchev–Trinajstić information content (AvgIpc) is 3.86. The summed E-state index contributed by atoms with van der Waals surface area (Å²) in [6, 6.07) is 63.0. The molecule has 1 aliphatic rings. The molecule has 2 aromatic heterocycles. The molecule has 256 valence electrons. The zero-order valence-corrected chi connectivity index (χ0v) is 30.0. The maximum absolute atomic E-state index is 6.51. The van der Waals surface area contributed by atoms with Crippen molar-refractivity contribution < 1.29 is 8.83 Å². The van der Waals surface area contributed by atoms with Crippen LogP contribution in [0.25, 0.3) is 77.3 Å². The summed E-state index contributed by atoms with van der Waals surface area (Å²) in [4.78, 5) is 2.45. The third-order valence-electron chi connectivity index (χ3n) is 11.5. The molecule has 8 aromatic carbocycles. The summed E-state index contributed by atoms with van der Waals surface area (Å²) in [6.07, 6.45) is 0. The maximum Gasteiger partial charge on any atom is 0.137 e. The summed E-state index contributed by atoms with van der Waals surface area (Å²) in [7, 11) is 0. The van der Waals surface area contributed by atoms with Crippen LogP contribution in [-0.4, -0.2) is 0 Å². The molecule has 0 aliphatic heterocycles. The minimum Gasteiger partial charge on any atom is -0.456 e. The van der Waals surface area contributed by atoms with E-state index in [2.05, 4.69) is 176 Å². The molecule has 0 spiro atoms. The predicted octanol–water partition coefficient (Wildman–Crippen LogP) is 14.6. The highest BCUT2D eigenvalue weighted by Gasteiger charge is 2.37. The maximum atomic E-state index is 6.51. The number of benzene rings is 8. The molecule has 11 rings (SSSR count). The molecule has 3 heteroatoms. The van der Waals surface area contributed by atoms with Crippen LogP contribution < -0.4 is 4.90 Å². The second kappa shape index (κ2) is 11.6. The van der Waals surface area contributed by atoms with Gasteiger partial charge in [-0.1, -0.05) is 141 Å². The first kappa shape index (κ1) is 30.8. The Hall–Kier alpha value is -6.84. The second-order valence-electron chi connectivity index (χ2n) is 14.8. The second-order valence-corrected chi connectivity index (χ2v) is 14.8. The monoisotopic (exact) mass is 693 g/mol. The normalized spacial score (nSPS) is 13.1. The first-order valence-corrected chi connectivity index (χ1v) is 18.6. The smallest absolute Gasteiger partial charge is 0.137 e. The fraction of sp³-hybridized carbons (Fsp3) is 0.0588. The van der Waals surface area contributed by atoms with Gasteiger partial charge in [-0.3, -0.25) is 0 Å². The number of hydrogen-bond donors (Lipinski definition) is 0. The van der Waals surface area contributed by atoms with Gasteiger partial charge in [-0.05, 0) is 81.9 Å². The molecular formula is C51H35NO2. The van der Waals surface area contributed by atoms with Gasteiger partial charge in [-0.25, -0.2) is 0 Å². The zero-order chi connectivity index (χ0) is 36.0. The van der Waals surface area contributed by atoms with Crippen molar-refractivity contribution in [1.82, 2.24) is 0 Å². The SMILES string of the molecule is CC1(C)c2ccccc2-c2c(-c3ccccc3N(c3ccccc3-c3ccc4c(c3)oc3ccccc34)c3cccc4oc5ccccc5c34)cccc21. The molecule has 10 aromatic rings. The van der Waals surface area contributed by atoms with Crippen LogP contribution in [0.2, 0.25) is 0 Å². The number of rotatable bonds is 5. The van der Waals surface area contributed by atoms with Crippen LogP contribution in [0.3, 0.4) is 0 Å². The first-order valence-electron chi connectivity index (χ1n) is 18.6. The number of fused-ring (bicyclic) bond motifs is 9. The van der Waals surface area contributed by atoms with E-state index in [9.17, 15) is 0 Å². The van der Waals surface area contributed by atoms with Crippen molar-refractivity contribution in [2.24, 2.45) is 0 Å². The van der Waals surface area contributed by atoms with E-state index in [4.69, 9.17) is 8.83 Å². The largest absolute Gasteiger partial charge is 0.456 e. The molecule has 54 heavy (non-hydrogen) atoms. The molecule has 0 amide bonds. The molecule has 0 radical (unpaired) electrons. The fourth-order valence-electron chi connectivity index (χ4n) is 9.01. The average molecular weight is 694 g/mol. The van der Waals surface area contributed by atoms with Gasteiger partial charge in [0.25, 0.3) is 0 Å². The van der Waals surface area contributed by atoms with E-state index < -0.39 is 0 Å². The molecule has 1 aliphatic carbocycles. The highest BCUT2D eigenvalue weighted by atomic mass is 16.3. The van der Waals surface area contributed by atoms with E-state index in [1.165, 1.54) is 27.8 Å². The molecular weight excluding hydrogens is 659 g/mol. The summed E-state index contributed by atoms with van der Waals surface area (Å²) >= 11 is 0. The third-order valence-corrected chi connectivity index (χ3v) is 11.5. The van der Waals surface area contributed by atoms with Crippen molar-refractivity contribution >= 4 is 60.9 Å². The molecule has 3 nitrogen and oxygen atoms in total. The third kappa shape index (κ3) is 4.42. The Balaban J connectivity index is 1.21. The Labute approximate surface area is 313 Å². The van der Waals surface area contributed by atoms with E-state index in [0.29, 0.717) is 0 Å². The van der Waals surface area contributed by atoms with Gasteiger partial charge in [-0.15, -0.1) is 0 Å². The lowest BCUT2D eigenvalue weighted by Gasteiger charge is -2.31. The lowest BCUT2D eigenvalue weighted by Crippen LogP contribution is -2.15. The van der Waals surface area contributed by atoms with Crippen LogP contribution in [0.15, 0.2) is 185 Å². The van der Waals surface area contributed by atoms with Gasteiger partial charge in [0.05, 0.1) is 22.4 Å². The summed E-state index contributed by atoms with van der Waals surface area (Å²) in [5.41, 5.74) is 16.5. The molecule has 0 unspecified atom stereocenters. The molecule has 0 fully saturated rings. The van der Waals surface area contributed by atoms with Crippen molar-refractivity contribution in [2.45, 2.75) is 19.3 Å². The molecule has 0 bridgehead atoms. The highest BCUT2D eigenvalue weighted by Crippen LogP contribution is 2.55. The quantitative estimate of drug-likeness (QED) is 0.180. The summed E-state index contributed by atoms with van der Waals surface area (Å²) in [5.74, 6) is 0. The van der Waals surface area contributed by atoms with Crippen molar-refractivity contribution in [3.05, 3.63) is 187 Å². The lowest BCUT2D eigenvalue weighted by molar-refractivity contribution is 0.660. The Bertz CT molecular complexity index is 3100. The predicted molar refractivity (Wildman–Crippen MR) is 224 cm³/mol. The summed E-state index contributed by atoms with van der Waals surface area (Å²) in [5, 5.41) is 4.41. The van der Waals surface area contributed by atoms with Gasteiger partial charge < -0.3 is 13.7 Å². The minimum absolute atomic E-state index is 0.111. The Morgan fingerprint density at radius 3 is 1.76 bits per heavy atom. The van der Waals surface area contributed by atoms with Gasteiger partial charge >= 0.3 is 0 Å². The van der Waals surface area contributed by atoms with Crippen molar-refractivity contribution in [2.75, 3.05) is 4.90 Å². The number of furan rings is 2. The van der Waals surface area contributed by atoms with Crippen LogP contribution in [0, 0.1) is 0 Å². The fourth-order valence-corrected chi connectivity index (χ4v) is 9.01. The standard InChI is InChI=1S/C51H35NO2/c1-51(2)40-21-8-3-18-38(40)49-37(20-13-22-41(49)51)34-16-5-10-24-43(34)52(44-25-14-28-47-50(44)39-19-7-12-27-46(39)53-47)42-23-9-4-15-33(42)32-29-30-36-35-17-6-11-26-45(35)54-48(36)31-32/h3-31H,1-2H3. The van der Waals surface area contributed by atoms with Crippen molar-refractivity contribution in [3.63, 3.8) is 0 Å². The van der Waals surface area contributed by atoms with Crippen LogP contribution in [-0.2, 0) is 5.41 Å². The van der Waals surface area contributed by atoms with Gasteiger partial charge in [0.15, 0.2) is 0 Å². The topological polar surface area (TPSA) is 29.5 Å². The van der Waals surface area contributed by atoms with E-state index in [1.807, 2.05) is 18.2 Å². The Morgan fingerprint density at radius 1 is 0.389 bits per heavy atom. The number of anilines is 3. The number of nitrogens with zero attached hydrogens (tertiary/aromatic N) is 1. The molecule has 0 saturated carbocycles. The van der Waals surface area contributed by atoms with E-state index in [-0.39, 0.29) is 5.41 Å². The molecule has 0 saturated heterocycles. The van der Waals surface area contributed by atoms with Gasteiger partial charge in [-0.2, -0.15) is 0 Å². The van der Waals surface area contributed by atoms with Crippen LogP contribution in [0.5, 0.6) is 0 Å². The van der Waals surface area contributed by atoms with E-state index >= 15 is 0 Å². The lowest BCUT2D eigenvalue weighted by atomic mass is 9.82. The van der Waals surface area contributed by atoms with Gasteiger partial charge in [0.2, 0.25) is 0 Å². The van der Waals surface area contributed by atoms with Gasteiger partial charge in [0, 0.05) is 32.7 Å². The van der Waals surface area contributed by atoms with Crippen LogP contribution in [0.4, 0.5) is 17.1 Å². The number of hydrogen-bond acceptors (Lipinski definition) is 3. The van der Waals surface area contributed by atoms with Crippen LogP contribution in [0.1, 0.15) is 25.0 Å². The molecule has 0 atom stereocenters. The molecule has 2 heterocycles. The Kier molecular flexibility index (Phi) is 6.60.